The van der Waals surface area contributed by atoms with Gasteiger partial charge < -0.3 is 19.5 Å². The van der Waals surface area contributed by atoms with E-state index in [1.807, 2.05) is 13.8 Å². The first-order valence-corrected chi connectivity index (χ1v) is 16.6. The van der Waals surface area contributed by atoms with Gasteiger partial charge in [0.05, 0.1) is 30.8 Å². The van der Waals surface area contributed by atoms with E-state index in [-0.39, 0.29) is 54.7 Å². The molecule has 1 amide bonds. The first kappa shape index (κ1) is 38.3. The molecule has 1 N–H and O–H groups in total. The zero-order chi connectivity index (χ0) is 36.9. The number of carbonyl (C=O) groups is 2. The number of rotatable bonds is 12. The number of nitrogens with zero attached hydrogens (tertiary/aromatic N) is 3. The van der Waals surface area contributed by atoms with Crippen molar-refractivity contribution >= 4 is 11.9 Å². The number of likely N-dealkylation sites (N-methyl/N-ethyl adjacent to an activating group) is 1. The second kappa shape index (κ2) is 16.0. The molecule has 0 aliphatic heterocycles. The van der Waals surface area contributed by atoms with Gasteiger partial charge in [0.2, 0.25) is 5.91 Å². The zero-order valence-corrected chi connectivity index (χ0v) is 29.5. The lowest BCUT2D eigenvalue weighted by Crippen LogP contribution is -2.41. The first-order valence-electron chi connectivity index (χ1n) is 16.6. The van der Waals surface area contributed by atoms with Crippen LogP contribution in [0.15, 0.2) is 41.3 Å². The van der Waals surface area contributed by atoms with Gasteiger partial charge in [-0.2, -0.15) is 13.2 Å². The largest absolute Gasteiger partial charge is 0.469 e. The Morgan fingerprint density at radius 3 is 2.32 bits per heavy atom. The molecule has 0 spiro atoms. The molecule has 0 saturated heterocycles. The van der Waals surface area contributed by atoms with E-state index >= 15 is 0 Å². The lowest BCUT2D eigenvalue weighted by atomic mass is 9.93. The predicted octanol–water partition coefficient (Wildman–Crippen LogP) is 6.56. The SMILES string of the molecule is COC(=O)C[C@H](NC(=O)C(CC(C)C)n1cc(CCN(C)C)c(C(F)(F)F)cc1=O)c1cc(-c2c(C)cc(F)cc2C)cc(C#CC2CC2)n1. The first-order chi connectivity index (χ1) is 23.5. The van der Waals surface area contributed by atoms with Crippen molar-refractivity contribution in [2.45, 2.75) is 78.1 Å². The van der Waals surface area contributed by atoms with Crippen LogP contribution in [0.1, 0.15) is 85.3 Å². The summed E-state index contributed by atoms with van der Waals surface area (Å²) >= 11 is 0. The molecule has 268 valence electrons. The lowest BCUT2D eigenvalue weighted by Gasteiger charge is -2.26. The molecule has 1 aromatic carbocycles. The van der Waals surface area contributed by atoms with Crippen LogP contribution in [0, 0.1) is 43.3 Å². The number of methoxy groups -OCH3 is 1. The van der Waals surface area contributed by atoms with Crippen LogP contribution < -0.4 is 10.9 Å². The number of hydrogen-bond acceptors (Lipinski definition) is 6. The van der Waals surface area contributed by atoms with Crippen LogP contribution in [0.25, 0.3) is 11.1 Å². The molecule has 2 aromatic heterocycles. The molecule has 1 aliphatic carbocycles. The molecule has 8 nitrogen and oxygen atoms in total. The Balaban J connectivity index is 1.83. The summed E-state index contributed by atoms with van der Waals surface area (Å²) < 4.78 is 62.3. The van der Waals surface area contributed by atoms with Gasteiger partial charge in [-0.25, -0.2) is 9.37 Å². The molecule has 1 fully saturated rings. The third-order valence-electron chi connectivity index (χ3n) is 8.52. The van der Waals surface area contributed by atoms with Crippen LogP contribution in [0.4, 0.5) is 17.6 Å². The van der Waals surface area contributed by atoms with Gasteiger partial charge in [0, 0.05) is 24.7 Å². The Bertz CT molecular complexity index is 1830. The Hall–Kier alpha value is -4.50. The number of alkyl halides is 3. The highest BCUT2D eigenvalue weighted by atomic mass is 19.4. The van der Waals surface area contributed by atoms with Crippen molar-refractivity contribution in [3.8, 4) is 23.0 Å². The third-order valence-corrected chi connectivity index (χ3v) is 8.52. The van der Waals surface area contributed by atoms with Crippen LogP contribution in [0.3, 0.4) is 0 Å². The van der Waals surface area contributed by atoms with Gasteiger partial charge in [0.1, 0.15) is 17.6 Å². The molecule has 50 heavy (non-hydrogen) atoms. The van der Waals surface area contributed by atoms with E-state index in [9.17, 15) is 31.9 Å². The second-order valence-electron chi connectivity index (χ2n) is 13.6. The van der Waals surface area contributed by atoms with E-state index in [2.05, 4.69) is 17.2 Å². The fourth-order valence-corrected chi connectivity index (χ4v) is 5.89. The fraction of sp³-hybridized carbons (Fsp3) is 0.474. The highest BCUT2D eigenvalue weighted by Crippen LogP contribution is 2.34. The summed E-state index contributed by atoms with van der Waals surface area (Å²) in [6.07, 6.45) is -1.90. The Kier molecular flexibility index (Phi) is 12.3. The van der Waals surface area contributed by atoms with Gasteiger partial charge in [0.15, 0.2) is 0 Å². The number of benzene rings is 1. The van der Waals surface area contributed by atoms with Gasteiger partial charge >= 0.3 is 12.1 Å². The lowest BCUT2D eigenvalue weighted by molar-refractivity contribution is -0.141. The predicted molar refractivity (Wildman–Crippen MR) is 183 cm³/mol. The van der Waals surface area contributed by atoms with Crippen molar-refractivity contribution < 1.29 is 31.9 Å². The highest BCUT2D eigenvalue weighted by molar-refractivity contribution is 5.82. The number of carbonyl (C=O) groups excluding carboxylic acids is 2. The summed E-state index contributed by atoms with van der Waals surface area (Å²) in [5.74, 6) is 4.68. The number of ether oxygens (including phenoxy) is 1. The number of aromatic nitrogens is 2. The number of amides is 1. The highest BCUT2D eigenvalue weighted by Gasteiger charge is 2.36. The molecular formula is C38H44F4N4O4. The van der Waals surface area contributed by atoms with Crippen LogP contribution in [-0.4, -0.2) is 54.1 Å². The summed E-state index contributed by atoms with van der Waals surface area (Å²) in [4.78, 5) is 46.7. The molecule has 4 rings (SSSR count). The topological polar surface area (TPSA) is 93.5 Å². The van der Waals surface area contributed by atoms with Gasteiger partial charge in [-0.3, -0.25) is 14.4 Å². The van der Waals surface area contributed by atoms with E-state index < -0.39 is 41.3 Å². The monoisotopic (exact) mass is 696 g/mol. The van der Waals surface area contributed by atoms with E-state index in [0.717, 1.165) is 29.2 Å². The van der Waals surface area contributed by atoms with E-state index in [4.69, 9.17) is 9.72 Å². The van der Waals surface area contributed by atoms with Gasteiger partial charge in [-0.05, 0) is 118 Å². The maximum absolute atomic E-state index is 14.3. The minimum atomic E-state index is -4.76. The van der Waals surface area contributed by atoms with E-state index in [1.165, 1.54) is 19.2 Å². The van der Waals surface area contributed by atoms with Crippen LogP contribution in [0.5, 0.6) is 0 Å². The smallest absolute Gasteiger partial charge is 0.416 e. The molecule has 1 aliphatic rings. The summed E-state index contributed by atoms with van der Waals surface area (Å²) in [6.45, 7) is 7.50. The standard InChI is InChI=1S/C38H44F4N4O4/c1-22(2)14-33(46-21-26(12-13-45(5)6)30(19-34(46)47)38(40,41)42)37(49)44-32(20-35(48)50-7)31-18-27(17-29(43-31)11-10-25-8-9-25)36-23(3)15-28(39)16-24(36)4/h15-19,21-22,25,32-33H,8-9,12-14,20H2,1-7H3,(H,44,49)/t32-,33?/m0/s1. The molecule has 2 atom stereocenters. The van der Waals surface area contributed by atoms with Crippen molar-refractivity contribution in [2.24, 2.45) is 11.8 Å². The molecule has 1 unspecified atom stereocenters. The summed E-state index contributed by atoms with van der Waals surface area (Å²) in [5, 5.41) is 2.87. The second-order valence-corrected chi connectivity index (χ2v) is 13.6. The normalized spacial score (nSPS) is 14.3. The van der Waals surface area contributed by atoms with Crippen LogP contribution >= 0.6 is 0 Å². The maximum Gasteiger partial charge on any atom is 0.416 e. The molecule has 12 heteroatoms. The molecule has 0 radical (unpaired) electrons. The van der Waals surface area contributed by atoms with Crippen molar-refractivity contribution in [1.29, 1.82) is 0 Å². The van der Waals surface area contributed by atoms with Gasteiger partial charge in [0.25, 0.3) is 5.56 Å². The van der Waals surface area contributed by atoms with Crippen LogP contribution in [-0.2, 0) is 26.9 Å². The average Bonchev–Trinajstić information content (AvgIpc) is 3.85. The Morgan fingerprint density at radius 1 is 1.10 bits per heavy atom. The Labute approximate surface area is 290 Å². The number of aryl methyl sites for hydroxylation is 2. The molecule has 3 aromatic rings. The number of hydrogen-bond donors (Lipinski definition) is 1. The van der Waals surface area contributed by atoms with Gasteiger partial charge in [-0.1, -0.05) is 19.8 Å². The summed E-state index contributed by atoms with van der Waals surface area (Å²) in [5.41, 5.74) is 1.26. The fourth-order valence-electron chi connectivity index (χ4n) is 5.89. The maximum atomic E-state index is 14.3. The zero-order valence-electron chi connectivity index (χ0n) is 29.5. The van der Waals surface area contributed by atoms with Crippen molar-refractivity contribution in [2.75, 3.05) is 27.7 Å². The summed E-state index contributed by atoms with van der Waals surface area (Å²) in [6, 6.07) is 4.58. The van der Waals surface area contributed by atoms with Crippen molar-refractivity contribution in [3.63, 3.8) is 0 Å². The molecular weight excluding hydrogens is 652 g/mol. The molecule has 2 heterocycles. The van der Waals surface area contributed by atoms with Gasteiger partial charge in [-0.15, -0.1) is 0 Å². The molecule has 0 bridgehead atoms. The van der Waals surface area contributed by atoms with Crippen molar-refractivity contribution in [3.05, 3.63) is 86.3 Å². The summed E-state index contributed by atoms with van der Waals surface area (Å²) in [7, 11) is 4.66. The average molecular weight is 697 g/mol. The van der Waals surface area contributed by atoms with Crippen LogP contribution in [0.2, 0.25) is 0 Å². The number of nitrogens with one attached hydrogen (secondary N) is 1. The van der Waals surface area contributed by atoms with E-state index in [0.29, 0.717) is 28.5 Å². The number of halogens is 4. The molecule has 1 saturated carbocycles. The quantitative estimate of drug-likeness (QED) is 0.131. The number of esters is 1. The van der Waals surface area contributed by atoms with E-state index in [1.54, 1.807) is 45.0 Å². The minimum Gasteiger partial charge on any atom is -0.469 e. The Morgan fingerprint density at radius 2 is 1.76 bits per heavy atom. The van der Waals surface area contributed by atoms with Crippen molar-refractivity contribution in [1.82, 2.24) is 19.8 Å². The number of pyridine rings is 2. The minimum absolute atomic E-state index is 0.00723. The third kappa shape index (κ3) is 10.0.